The van der Waals surface area contributed by atoms with Gasteiger partial charge in [-0.05, 0) is 68.8 Å². The molecule has 0 aromatic heterocycles. The van der Waals surface area contributed by atoms with Crippen LogP contribution in [0.3, 0.4) is 0 Å². The molecule has 0 saturated heterocycles. The molecule has 0 aliphatic rings. The van der Waals surface area contributed by atoms with Gasteiger partial charge in [-0.1, -0.05) is 32.4 Å². The Hall–Kier alpha value is -3.22. The highest BCUT2D eigenvalue weighted by Crippen LogP contribution is 2.13. The number of carbonyl (C=O) groups excluding carboxylic acids is 3. The predicted octanol–water partition coefficient (Wildman–Crippen LogP) is -0.285. The van der Waals surface area contributed by atoms with Crippen molar-refractivity contribution in [2.24, 2.45) is 23.1 Å². The zero-order valence-corrected chi connectivity index (χ0v) is 22.3. The summed E-state index contributed by atoms with van der Waals surface area (Å²) < 4.78 is 0. The Kier molecular flexibility index (Phi) is 15.0. The summed E-state index contributed by atoms with van der Waals surface area (Å²) in [6, 6.07) is 2.09. The number of aliphatic carboxylic acids is 1. The van der Waals surface area contributed by atoms with Crippen LogP contribution in [0, 0.1) is 5.92 Å². The molecule has 1 aromatic carbocycles. The van der Waals surface area contributed by atoms with Crippen molar-refractivity contribution in [2.75, 3.05) is 13.1 Å². The number of carbonyl (C=O) groups is 4. The molecule has 0 spiro atoms. The standard InChI is InChI=1S/C26H44N6O6/c1-16(2)22(25(36)30-20(26(37)38)8-4-6-14-28)32-24(35)21(15-17-9-11-18(33)12-10-17)31-23(34)19(29)7-3-5-13-27/h9-12,16,19-22,33H,3-8,13-15,27-29H2,1-2H3,(H,30,36)(H,31,34)(H,32,35)(H,37,38). The number of carboxylic acid groups (broad SMARTS) is 1. The summed E-state index contributed by atoms with van der Waals surface area (Å²) in [5.74, 6) is -3.27. The largest absolute Gasteiger partial charge is 0.508 e. The number of aromatic hydroxyl groups is 1. The van der Waals surface area contributed by atoms with Gasteiger partial charge in [-0.2, -0.15) is 0 Å². The number of nitrogens with two attached hydrogens (primary N) is 3. The number of hydrogen-bond acceptors (Lipinski definition) is 8. The van der Waals surface area contributed by atoms with E-state index in [2.05, 4.69) is 16.0 Å². The molecule has 38 heavy (non-hydrogen) atoms. The van der Waals surface area contributed by atoms with Crippen LogP contribution >= 0.6 is 0 Å². The number of phenolic OH excluding ortho intramolecular Hbond substituents is 1. The number of rotatable bonds is 18. The highest BCUT2D eigenvalue weighted by atomic mass is 16.4. The van der Waals surface area contributed by atoms with E-state index in [4.69, 9.17) is 17.2 Å². The maximum Gasteiger partial charge on any atom is 0.326 e. The van der Waals surface area contributed by atoms with E-state index in [-0.39, 0.29) is 24.5 Å². The second-order valence-corrected chi connectivity index (χ2v) is 9.74. The smallest absolute Gasteiger partial charge is 0.326 e. The topological polar surface area (TPSA) is 223 Å². The van der Waals surface area contributed by atoms with Gasteiger partial charge >= 0.3 is 5.97 Å². The fourth-order valence-corrected chi connectivity index (χ4v) is 3.80. The van der Waals surface area contributed by atoms with E-state index in [1.54, 1.807) is 26.0 Å². The van der Waals surface area contributed by atoms with Crippen LogP contribution in [0.5, 0.6) is 5.75 Å². The number of hydrogen-bond donors (Lipinski definition) is 8. The van der Waals surface area contributed by atoms with Gasteiger partial charge in [-0.3, -0.25) is 14.4 Å². The first-order chi connectivity index (χ1) is 18.0. The van der Waals surface area contributed by atoms with Crippen molar-refractivity contribution in [1.29, 1.82) is 0 Å². The Morgan fingerprint density at radius 3 is 1.87 bits per heavy atom. The van der Waals surface area contributed by atoms with Gasteiger partial charge in [0.25, 0.3) is 0 Å². The second-order valence-electron chi connectivity index (χ2n) is 9.74. The average Bonchev–Trinajstić information content (AvgIpc) is 2.87. The van der Waals surface area contributed by atoms with Gasteiger partial charge in [-0.25, -0.2) is 4.79 Å². The molecule has 4 unspecified atom stereocenters. The molecular weight excluding hydrogens is 492 g/mol. The number of benzene rings is 1. The lowest BCUT2D eigenvalue weighted by Gasteiger charge is -2.27. The van der Waals surface area contributed by atoms with E-state index < -0.39 is 47.9 Å². The highest BCUT2D eigenvalue weighted by Gasteiger charge is 2.32. The summed E-state index contributed by atoms with van der Waals surface area (Å²) in [6.07, 6.45) is 3.21. The Morgan fingerprint density at radius 1 is 0.789 bits per heavy atom. The van der Waals surface area contributed by atoms with Crippen molar-refractivity contribution < 1.29 is 29.4 Å². The van der Waals surface area contributed by atoms with Gasteiger partial charge in [0.2, 0.25) is 17.7 Å². The summed E-state index contributed by atoms with van der Waals surface area (Å²) in [7, 11) is 0. The van der Waals surface area contributed by atoms with Crippen molar-refractivity contribution in [3.8, 4) is 5.75 Å². The molecule has 4 atom stereocenters. The molecule has 0 radical (unpaired) electrons. The van der Waals surface area contributed by atoms with E-state index in [0.29, 0.717) is 50.8 Å². The van der Waals surface area contributed by atoms with Crippen LogP contribution in [0.4, 0.5) is 0 Å². The van der Waals surface area contributed by atoms with Crippen LogP contribution in [0.1, 0.15) is 57.9 Å². The lowest BCUT2D eigenvalue weighted by Crippen LogP contribution is -2.58. The van der Waals surface area contributed by atoms with Gasteiger partial charge in [0, 0.05) is 6.42 Å². The fraction of sp³-hybridized carbons (Fsp3) is 0.615. The van der Waals surface area contributed by atoms with Crippen LogP contribution in [-0.4, -0.2) is 71.2 Å². The minimum atomic E-state index is -1.18. The van der Waals surface area contributed by atoms with Gasteiger partial charge in [0.05, 0.1) is 6.04 Å². The van der Waals surface area contributed by atoms with E-state index in [9.17, 15) is 29.4 Å². The number of carboxylic acids is 1. The van der Waals surface area contributed by atoms with Crippen LogP contribution in [0.2, 0.25) is 0 Å². The predicted molar refractivity (Wildman–Crippen MR) is 144 cm³/mol. The summed E-state index contributed by atoms with van der Waals surface area (Å²) in [5, 5.41) is 26.9. The number of unbranched alkanes of at least 4 members (excludes halogenated alkanes) is 2. The van der Waals surface area contributed by atoms with Gasteiger partial charge in [0.15, 0.2) is 0 Å². The third-order valence-electron chi connectivity index (χ3n) is 6.12. The molecule has 3 amide bonds. The lowest BCUT2D eigenvalue weighted by atomic mass is 9.99. The zero-order valence-electron chi connectivity index (χ0n) is 22.3. The normalized spacial score (nSPS) is 14.3. The quantitative estimate of drug-likeness (QED) is 0.115. The number of phenols is 1. The van der Waals surface area contributed by atoms with Gasteiger partial charge in [0.1, 0.15) is 23.9 Å². The summed E-state index contributed by atoms with van der Waals surface area (Å²) in [6.45, 7) is 4.33. The molecule has 12 heteroatoms. The third-order valence-corrected chi connectivity index (χ3v) is 6.12. The Balaban J connectivity index is 3.03. The first kappa shape index (κ1) is 32.8. The first-order valence-electron chi connectivity index (χ1n) is 13.1. The minimum Gasteiger partial charge on any atom is -0.508 e. The van der Waals surface area contributed by atoms with E-state index >= 15 is 0 Å². The average molecular weight is 537 g/mol. The molecule has 0 aliphatic heterocycles. The summed E-state index contributed by atoms with van der Waals surface area (Å²) >= 11 is 0. The Bertz CT molecular complexity index is 895. The zero-order chi connectivity index (χ0) is 28.7. The Morgan fingerprint density at radius 2 is 1.34 bits per heavy atom. The molecule has 0 heterocycles. The monoisotopic (exact) mass is 536 g/mol. The molecule has 1 aromatic rings. The second kappa shape index (κ2) is 17.3. The van der Waals surface area contributed by atoms with Crippen molar-refractivity contribution in [1.82, 2.24) is 16.0 Å². The van der Waals surface area contributed by atoms with Crippen LogP contribution in [0.15, 0.2) is 24.3 Å². The number of nitrogens with one attached hydrogen (secondary N) is 3. The fourth-order valence-electron chi connectivity index (χ4n) is 3.80. The van der Waals surface area contributed by atoms with E-state index in [0.717, 1.165) is 0 Å². The molecule has 0 bridgehead atoms. The van der Waals surface area contributed by atoms with Gasteiger partial charge < -0.3 is 43.4 Å². The maximum absolute atomic E-state index is 13.3. The Labute approximate surface area is 224 Å². The highest BCUT2D eigenvalue weighted by molar-refractivity contribution is 5.94. The molecule has 1 rings (SSSR count). The molecule has 0 aliphatic carbocycles. The molecule has 12 nitrogen and oxygen atoms in total. The van der Waals surface area contributed by atoms with E-state index in [1.807, 2.05) is 0 Å². The van der Waals surface area contributed by atoms with Crippen molar-refractivity contribution >= 4 is 23.7 Å². The molecular formula is C26H44N6O6. The first-order valence-corrected chi connectivity index (χ1v) is 13.1. The molecule has 11 N–H and O–H groups in total. The van der Waals surface area contributed by atoms with Crippen molar-refractivity contribution in [3.63, 3.8) is 0 Å². The third kappa shape index (κ3) is 11.9. The van der Waals surface area contributed by atoms with Crippen molar-refractivity contribution in [2.45, 2.75) is 83.0 Å². The molecule has 0 saturated carbocycles. The minimum absolute atomic E-state index is 0.0525. The summed E-state index contributed by atoms with van der Waals surface area (Å²) in [5.41, 5.74) is 17.6. The van der Waals surface area contributed by atoms with Crippen LogP contribution in [0.25, 0.3) is 0 Å². The molecule has 0 fully saturated rings. The molecule has 214 valence electrons. The van der Waals surface area contributed by atoms with Crippen molar-refractivity contribution in [3.05, 3.63) is 29.8 Å². The van der Waals surface area contributed by atoms with Crippen LogP contribution in [-0.2, 0) is 25.6 Å². The van der Waals surface area contributed by atoms with Gasteiger partial charge in [-0.15, -0.1) is 0 Å². The SMILES string of the molecule is CC(C)C(NC(=O)C(Cc1ccc(O)cc1)NC(=O)C(N)CCCCN)C(=O)NC(CCCCN)C(=O)O. The lowest BCUT2D eigenvalue weighted by molar-refractivity contribution is -0.142. The van der Waals surface area contributed by atoms with Crippen LogP contribution < -0.4 is 33.2 Å². The number of amides is 3. The summed E-state index contributed by atoms with van der Waals surface area (Å²) in [4.78, 5) is 50.7. The van der Waals surface area contributed by atoms with E-state index in [1.165, 1.54) is 12.1 Å². The maximum atomic E-state index is 13.3.